The van der Waals surface area contributed by atoms with Crippen LogP contribution in [0.1, 0.15) is 16.1 Å². The Labute approximate surface area is 151 Å². The summed E-state index contributed by atoms with van der Waals surface area (Å²) in [5.74, 6) is 0. The van der Waals surface area contributed by atoms with E-state index in [-0.39, 0.29) is 0 Å². The first-order chi connectivity index (χ1) is 12.7. The molecule has 0 radical (unpaired) electrons. The fourth-order valence-electron chi connectivity index (χ4n) is 4.24. The first-order valence-corrected chi connectivity index (χ1v) is 8.82. The number of hydrogen-bond acceptors (Lipinski definition) is 6. The lowest BCUT2D eigenvalue weighted by atomic mass is 9.72. The third kappa shape index (κ3) is 2.54. The van der Waals surface area contributed by atoms with Crippen molar-refractivity contribution in [3.8, 4) is 0 Å². The molecule has 1 aromatic carbocycles. The summed E-state index contributed by atoms with van der Waals surface area (Å²) < 4.78 is 0. The van der Waals surface area contributed by atoms with Crippen LogP contribution >= 0.6 is 0 Å². The lowest BCUT2D eigenvalue weighted by Crippen LogP contribution is -2.72. The van der Waals surface area contributed by atoms with Gasteiger partial charge in [0.1, 0.15) is 11.2 Å². The van der Waals surface area contributed by atoms with Gasteiger partial charge in [-0.15, -0.1) is 0 Å². The van der Waals surface area contributed by atoms with Crippen molar-refractivity contribution in [3.63, 3.8) is 0 Å². The van der Waals surface area contributed by atoms with Crippen molar-refractivity contribution in [2.45, 2.75) is 6.54 Å². The van der Waals surface area contributed by atoms with Gasteiger partial charge >= 0.3 is 0 Å². The fraction of sp³-hybridized carbons (Fsp3) is 0.300. The molecule has 2 saturated heterocycles. The van der Waals surface area contributed by atoms with Gasteiger partial charge in [0.05, 0.1) is 11.2 Å². The number of carbonyl (C=O) groups excluding carboxylic acids is 1. The van der Waals surface area contributed by atoms with Crippen LogP contribution in [0.5, 0.6) is 0 Å². The highest BCUT2D eigenvalue weighted by Crippen LogP contribution is 2.43. The maximum Gasteiger partial charge on any atom is 0.168 e. The predicted octanol–water partition coefficient (Wildman–Crippen LogP) is 2.16. The molecule has 4 heterocycles. The van der Waals surface area contributed by atoms with Crippen LogP contribution < -0.4 is 4.90 Å². The second-order valence-electron chi connectivity index (χ2n) is 7.41. The highest BCUT2D eigenvalue weighted by Gasteiger charge is 2.51. The molecule has 2 aliphatic heterocycles. The number of para-hydroxylation sites is 1. The quantitative estimate of drug-likeness (QED) is 0.675. The average Bonchev–Trinajstić information content (AvgIpc) is 2.63. The van der Waals surface area contributed by atoms with Gasteiger partial charge in [-0.3, -0.25) is 24.6 Å². The predicted molar refractivity (Wildman–Crippen MR) is 99.1 cm³/mol. The third-order valence-electron chi connectivity index (χ3n) is 5.36. The molecule has 1 spiro atoms. The van der Waals surface area contributed by atoms with Crippen LogP contribution in [-0.2, 0) is 6.54 Å². The zero-order valence-electron chi connectivity index (χ0n) is 14.4. The van der Waals surface area contributed by atoms with Crippen molar-refractivity contribution in [3.05, 3.63) is 60.2 Å². The Morgan fingerprint density at radius 3 is 2.62 bits per heavy atom. The van der Waals surface area contributed by atoms with E-state index in [1.807, 2.05) is 12.1 Å². The first-order valence-electron chi connectivity index (χ1n) is 8.82. The maximum absolute atomic E-state index is 10.7. The van der Waals surface area contributed by atoms with Crippen LogP contribution in [0, 0.1) is 5.41 Å². The van der Waals surface area contributed by atoms with E-state index in [1.165, 1.54) is 5.69 Å². The standard InChI is InChI=1S/C20H19N5O/c26-10-16-5-4-15(8-23-16)9-24-11-20(12-24)13-25(14-20)18-3-1-2-17-19(18)22-7-6-21-17/h1-8,10H,9,11-14H2. The molecule has 0 saturated carbocycles. The Hall–Kier alpha value is -2.86. The summed E-state index contributed by atoms with van der Waals surface area (Å²) in [7, 11) is 0. The topological polar surface area (TPSA) is 62.2 Å². The SMILES string of the molecule is O=Cc1ccc(CN2CC3(C2)CN(c2cccc4nccnc24)C3)cn1. The van der Waals surface area contributed by atoms with Gasteiger partial charge in [0, 0.05) is 56.7 Å². The molecular formula is C20H19N5O. The van der Waals surface area contributed by atoms with E-state index in [0.29, 0.717) is 11.1 Å². The molecule has 2 aliphatic rings. The third-order valence-corrected chi connectivity index (χ3v) is 5.36. The van der Waals surface area contributed by atoms with Crippen LogP contribution in [0.15, 0.2) is 48.9 Å². The van der Waals surface area contributed by atoms with Crippen molar-refractivity contribution in [2.75, 3.05) is 31.1 Å². The van der Waals surface area contributed by atoms with Gasteiger partial charge in [0.25, 0.3) is 0 Å². The first kappa shape index (κ1) is 15.4. The van der Waals surface area contributed by atoms with E-state index in [0.717, 1.165) is 55.6 Å². The molecule has 0 atom stereocenters. The van der Waals surface area contributed by atoms with Gasteiger partial charge in [-0.2, -0.15) is 0 Å². The number of anilines is 1. The summed E-state index contributed by atoms with van der Waals surface area (Å²) in [6, 6.07) is 9.98. The Balaban J connectivity index is 1.22. The molecule has 6 nitrogen and oxygen atoms in total. The number of fused-ring (bicyclic) bond motifs is 1. The second-order valence-corrected chi connectivity index (χ2v) is 7.41. The van der Waals surface area contributed by atoms with Gasteiger partial charge in [-0.1, -0.05) is 12.1 Å². The number of pyridine rings is 1. The van der Waals surface area contributed by atoms with E-state index < -0.39 is 0 Å². The maximum atomic E-state index is 10.7. The number of likely N-dealkylation sites (tertiary alicyclic amines) is 1. The number of carbonyl (C=O) groups is 1. The van der Waals surface area contributed by atoms with Crippen LogP contribution in [0.4, 0.5) is 5.69 Å². The highest BCUT2D eigenvalue weighted by molar-refractivity contribution is 5.88. The largest absolute Gasteiger partial charge is 0.368 e. The van der Waals surface area contributed by atoms with E-state index in [9.17, 15) is 4.79 Å². The molecule has 0 N–H and O–H groups in total. The molecule has 5 rings (SSSR count). The molecule has 0 amide bonds. The second kappa shape index (κ2) is 5.85. The van der Waals surface area contributed by atoms with E-state index >= 15 is 0 Å². The average molecular weight is 345 g/mol. The minimum atomic E-state index is 0.403. The fourth-order valence-corrected chi connectivity index (χ4v) is 4.24. The number of aromatic nitrogens is 3. The van der Waals surface area contributed by atoms with Gasteiger partial charge in [0.2, 0.25) is 0 Å². The number of rotatable bonds is 4. The monoisotopic (exact) mass is 345 g/mol. The minimum Gasteiger partial charge on any atom is -0.368 e. The molecule has 26 heavy (non-hydrogen) atoms. The Bertz CT molecular complexity index is 952. The Kier molecular flexibility index (Phi) is 3.46. The molecule has 6 heteroatoms. The van der Waals surface area contributed by atoms with Gasteiger partial charge in [-0.05, 0) is 23.8 Å². The molecule has 0 unspecified atom stereocenters. The number of aldehydes is 1. The highest BCUT2D eigenvalue weighted by atomic mass is 16.1. The number of hydrogen-bond donors (Lipinski definition) is 0. The molecule has 3 aromatic rings. The van der Waals surface area contributed by atoms with Gasteiger partial charge in [0.15, 0.2) is 6.29 Å². The number of nitrogens with zero attached hydrogens (tertiary/aromatic N) is 5. The number of benzene rings is 1. The zero-order valence-corrected chi connectivity index (χ0v) is 14.4. The lowest BCUT2D eigenvalue weighted by Gasteiger charge is -2.61. The van der Waals surface area contributed by atoms with Crippen molar-refractivity contribution in [1.29, 1.82) is 0 Å². The summed E-state index contributed by atoms with van der Waals surface area (Å²) in [6.07, 6.45) is 6.08. The van der Waals surface area contributed by atoms with Crippen molar-refractivity contribution >= 4 is 23.0 Å². The van der Waals surface area contributed by atoms with Crippen molar-refractivity contribution < 1.29 is 4.79 Å². The molecule has 130 valence electrons. The summed E-state index contributed by atoms with van der Waals surface area (Å²) in [4.78, 5) is 28.6. The summed E-state index contributed by atoms with van der Waals surface area (Å²) >= 11 is 0. The molecule has 0 bridgehead atoms. The van der Waals surface area contributed by atoms with Gasteiger partial charge in [-0.25, -0.2) is 0 Å². The van der Waals surface area contributed by atoms with E-state index in [1.54, 1.807) is 24.7 Å². The lowest BCUT2D eigenvalue weighted by molar-refractivity contribution is -0.0272. The Morgan fingerprint density at radius 2 is 1.85 bits per heavy atom. The van der Waals surface area contributed by atoms with Crippen LogP contribution in [0.2, 0.25) is 0 Å². The van der Waals surface area contributed by atoms with Crippen molar-refractivity contribution in [1.82, 2.24) is 19.9 Å². The Morgan fingerprint density at radius 1 is 1.00 bits per heavy atom. The molecule has 0 aliphatic carbocycles. The van der Waals surface area contributed by atoms with E-state index in [4.69, 9.17) is 0 Å². The van der Waals surface area contributed by atoms with Crippen LogP contribution in [0.3, 0.4) is 0 Å². The zero-order chi connectivity index (χ0) is 17.6. The van der Waals surface area contributed by atoms with Crippen molar-refractivity contribution in [2.24, 2.45) is 5.41 Å². The molecule has 2 fully saturated rings. The molecule has 2 aromatic heterocycles. The molecular weight excluding hydrogens is 326 g/mol. The van der Waals surface area contributed by atoms with E-state index in [2.05, 4.69) is 36.9 Å². The summed E-state index contributed by atoms with van der Waals surface area (Å²) in [6.45, 7) is 5.25. The van der Waals surface area contributed by atoms with Crippen LogP contribution in [-0.4, -0.2) is 52.3 Å². The summed E-state index contributed by atoms with van der Waals surface area (Å²) in [5, 5.41) is 0. The van der Waals surface area contributed by atoms with Gasteiger partial charge < -0.3 is 4.90 Å². The smallest absolute Gasteiger partial charge is 0.168 e. The van der Waals surface area contributed by atoms with Crippen LogP contribution in [0.25, 0.3) is 11.0 Å². The normalized spacial score (nSPS) is 18.5. The summed E-state index contributed by atoms with van der Waals surface area (Å²) in [5.41, 5.74) is 5.18. The minimum absolute atomic E-state index is 0.403.